The van der Waals surface area contributed by atoms with Crippen LogP contribution in [0.15, 0.2) is 0 Å². The molecule has 0 aliphatic carbocycles. The fourth-order valence-corrected chi connectivity index (χ4v) is 0.859. The van der Waals surface area contributed by atoms with Crippen molar-refractivity contribution in [1.29, 1.82) is 0 Å². The minimum Gasteiger partial charge on any atom is -0.376 e. The van der Waals surface area contributed by atoms with Crippen LogP contribution in [0.25, 0.3) is 0 Å². The maximum absolute atomic E-state index is 10.7. The maximum Gasteiger partial charge on any atom is 0.412 e. The Kier molecular flexibility index (Phi) is 6.05. The van der Waals surface area contributed by atoms with Gasteiger partial charge in [0.1, 0.15) is 0 Å². The highest BCUT2D eigenvalue weighted by Crippen LogP contribution is 2.02. The molecular weight excluding hydrogens is 158 g/mol. The van der Waals surface area contributed by atoms with Crippen LogP contribution in [0.5, 0.6) is 0 Å². The highest BCUT2D eigenvalue weighted by molar-refractivity contribution is 5.83. The smallest absolute Gasteiger partial charge is 0.376 e. The molecule has 0 spiro atoms. The molecule has 0 saturated carbocycles. The Bertz CT molecular complexity index is 156. The van der Waals surface area contributed by atoms with Crippen molar-refractivity contribution in [1.82, 2.24) is 0 Å². The van der Waals surface area contributed by atoms with Gasteiger partial charge in [0, 0.05) is 6.42 Å². The number of esters is 1. The second-order valence-corrected chi connectivity index (χ2v) is 2.60. The van der Waals surface area contributed by atoms with Gasteiger partial charge >= 0.3 is 12.1 Å². The highest BCUT2D eigenvalue weighted by Gasteiger charge is 2.04. The summed E-state index contributed by atoms with van der Waals surface area (Å²) in [5.41, 5.74) is 4.64. The first-order valence-corrected chi connectivity index (χ1v) is 4.17. The molecule has 0 aromatic rings. The fraction of sp³-hybridized carbons (Fsp3) is 0.750. The van der Waals surface area contributed by atoms with Crippen LogP contribution in [-0.4, -0.2) is 12.1 Å². The average Bonchev–Trinajstić information content (AvgIpc) is 1.97. The largest absolute Gasteiger partial charge is 0.412 e. The maximum atomic E-state index is 10.7. The molecule has 0 saturated heterocycles. The van der Waals surface area contributed by atoms with Gasteiger partial charge in [-0.05, 0) is 6.42 Å². The van der Waals surface area contributed by atoms with E-state index in [0.29, 0.717) is 0 Å². The van der Waals surface area contributed by atoms with E-state index >= 15 is 0 Å². The lowest BCUT2D eigenvalue weighted by molar-refractivity contribution is -0.137. The summed E-state index contributed by atoms with van der Waals surface area (Å²) in [5, 5.41) is 0. The number of carbonyl (C=O) groups excluding carboxylic acids is 2. The number of unbranched alkanes of at least 4 members (excludes halogenated alkanes) is 3. The number of hydrogen-bond acceptors (Lipinski definition) is 3. The van der Waals surface area contributed by atoms with Crippen LogP contribution in [0.3, 0.4) is 0 Å². The monoisotopic (exact) mass is 173 g/mol. The fourth-order valence-electron chi connectivity index (χ4n) is 0.859. The topological polar surface area (TPSA) is 69.4 Å². The summed E-state index contributed by atoms with van der Waals surface area (Å²) in [6.07, 6.45) is 3.23. The van der Waals surface area contributed by atoms with Gasteiger partial charge in [-0.15, -0.1) is 0 Å². The third kappa shape index (κ3) is 7.05. The minimum absolute atomic E-state index is 0.281. The Balaban J connectivity index is 3.26. The zero-order chi connectivity index (χ0) is 9.40. The van der Waals surface area contributed by atoms with E-state index in [4.69, 9.17) is 0 Å². The summed E-state index contributed by atoms with van der Waals surface area (Å²) in [5.74, 6) is -0.529. The third-order valence-electron chi connectivity index (χ3n) is 1.45. The van der Waals surface area contributed by atoms with Gasteiger partial charge in [0.2, 0.25) is 0 Å². The van der Waals surface area contributed by atoms with Crippen LogP contribution in [0, 0.1) is 0 Å². The molecule has 0 aromatic heterocycles. The molecule has 2 N–H and O–H groups in total. The highest BCUT2D eigenvalue weighted by atomic mass is 16.6. The van der Waals surface area contributed by atoms with Crippen molar-refractivity contribution >= 4 is 12.1 Å². The van der Waals surface area contributed by atoms with Crippen LogP contribution in [-0.2, 0) is 9.53 Å². The summed E-state index contributed by atoms with van der Waals surface area (Å²) >= 11 is 0. The molecule has 0 rings (SSSR count). The van der Waals surface area contributed by atoms with Crippen molar-refractivity contribution in [2.45, 2.75) is 39.0 Å². The predicted octanol–water partition coefficient (Wildman–Crippen LogP) is 1.58. The van der Waals surface area contributed by atoms with E-state index in [2.05, 4.69) is 17.4 Å². The molecule has 0 aromatic carbocycles. The number of carbonyl (C=O) groups is 2. The van der Waals surface area contributed by atoms with E-state index in [0.717, 1.165) is 25.7 Å². The molecule has 0 aliphatic heterocycles. The number of hydrogen-bond donors (Lipinski definition) is 1. The molecule has 4 nitrogen and oxygen atoms in total. The number of rotatable bonds is 5. The van der Waals surface area contributed by atoms with Crippen LogP contribution in [0.1, 0.15) is 39.0 Å². The summed E-state index contributed by atoms with van der Waals surface area (Å²) in [6, 6.07) is 0. The van der Waals surface area contributed by atoms with Crippen molar-refractivity contribution in [2.75, 3.05) is 0 Å². The third-order valence-corrected chi connectivity index (χ3v) is 1.45. The first-order chi connectivity index (χ1) is 5.66. The number of amides is 1. The molecule has 0 heterocycles. The second kappa shape index (κ2) is 6.64. The van der Waals surface area contributed by atoms with E-state index in [1.165, 1.54) is 0 Å². The molecule has 0 unspecified atom stereocenters. The second-order valence-electron chi connectivity index (χ2n) is 2.60. The Labute approximate surface area is 72.1 Å². The summed E-state index contributed by atoms with van der Waals surface area (Å²) in [4.78, 5) is 20.8. The first-order valence-electron chi connectivity index (χ1n) is 4.17. The molecule has 70 valence electrons. The molecule has 0 atom stereocenters. The molecule has 1 amide bonds. The molecule has 12 heavy (non-hydrogen) atoms. The zero-order valence-corrected chi connectivity index (χ0v) is 7.34. The number of nitrogens with two attached hydrogens (primary N) is 1. The van der Waals surface area contributed by atoms with Gasteiger partial charge in [-0.3, -0.25) is 4.79 Å². The molecule has 0 bridgehead atoms. The Hall–Kier alpha value is -1.06. The van der Waals surface area contributed by atoms with Crippen LogP contribution in [0.4, 0.5) is 4.79 Å². The lowest BCUT2D eigenvalue weighted by Crippen LogP contribution is -2.18. The molecule has 0 fully saturated rings. The first kappa shape index (κ1) is 10.9. The van der Waals surface area contributed by atoms with Crippen molar-refractivity contribution in [3.05, 3.63) is 0 Å². The van der Waals surface area contributed by atoms with Gasteiger partial charge < -0.3 is 10.5 Å². The standard InChI is InChI=1S/C8H15NO3/c1-2-3-4-5-6-7(10)12-8(9)11/h2-6H2,1H3,(H2,9,11). The SMILES string of the molecule is CCCCCCC(=O)OC(N)=O. The van der Waals surface area contributed by atoms with Gasteiger partial charge in [-0.2, -0.15) is 0 Å². The van der Waals surface area contributed by atoms with E-state index in [1.807, 2.05) is 0 Å². The van der Waals surface area contributed by atoms with Crippen LogP contribution >= 0.6 is 0 Å². The molecular formula is C8H15NO3. The number of ether oxygens (including phenoxy) is 1. The summed E-state index contributed by atoms with van der Waals surface area (Å²) < 4.78 is 4.13. The lowest BCUT2D eigenvalue weighted by Gasteiger charge is -1.98. The van der Waals surface area contributed by atoms with E-state index < -0.39 is 12.1 Å². The van der Waals surface area contributed by atoms with Crippen molar-refractivity contribution < 1.29 is 14.3 Å². The Morgan fingerprint density at radius 3 is 2.42 bits per heavy atom. The van der Waals surface area contributed by atoms with Gasteiger partial charge in [0.25, 0.3) is 0 Å². The van der Waals surface area contributed by atoms with Crippen molar-refractivity contribution in [3.63, 3.8) is 0 Å². The quantitative estimate of drug-likeness (QED) is 0.390. The van der Waals surface area contributed by atoms with E-state index in [1.54, 1.807) is 0 Å². The molecule has 0 radical (unpaired) electrons. The Morgan fingerprint density at radius 2 is 1.92 bits per heavy atom. The van der Waals surface area contributed by atoms with Gasteiger partial charge in [-0.25, -0.2) is 4.79 Å². The normalized spacial score (nSPS) is 9.42. The van der Waals surface area contributed by atoms with Gasteiger partial charge in [0.05, 0.1) is 0 Å². The van der Waals surface area contributed by atoms with Gasteiger partial charge in [-0.1, -0.05) is 26.2 Å². The summed E-state index contributed by atoms with van der Waals surface area (Å²) in [6.45, 7) is 2.09. The van der Waals surface area contributed by atoms with E-state index in [-0.39, 0.29) is 6.42 Å². The predicted molar refractivity (Wildman–Crippen MR) is 44.4 cm³/mol. The van der Waals surface area contributed by atoms with Crippen molar-refractivity contribution in [3.8, 4) is 0 Å². The summed E-state index contributed by atoms with van der Waals surface area (Å²) in [7, 11) is 0. The lowest BCUT2D eigenvalue weighted by atomic mass is 10.2. The zero-order valence-electron chi connectivity index (χ0n) is 7.34. The van der Waals surface area contributed by atoms with Crippen LogP contribution < -0.4 is 5.73 Å². The molecule has 0 aliphatic rings. The van der Waals surface area contributed by atoms with Gasteiger partial charge in [0.15, 0.2) is 0 Å². The number of primary amides is 1. The Morgan fingerprint density at radius 1 is 1.25 bits per heavy atom. The average molecular weight is 173 g/mol. The van der Waals surface area contributed by atoms with Crippen molar-refractivity contribution in [2.24, 2.45) is 5.73 Å². The van der Waals surface area contributed by atoms with E-state index in [9.17, 15) is 9.59 Å². The van der Waals surface area contributed by atoms with Crippen LogP contribution in [0.2, 0.25) is 0 Å². The minimum atomic E-state index is -1.02. The molecule has 4 heteroatoms.